The molecule has 1 fully saturated rings. The van der Waals surface area contributed by atoms with Gasteiger partial charge in [0, 0.05) is 20.9 Å². The van der Waals surface area contributed by atoms with Crippen LogP contribution in [0.3, 0.4) is 0 Å². The van der Waals surface area contributed by atoms with E-state index in [0.29, 0.717) is 18.5 Å². The monoisotopic (exact) mass is 379 g/mol. The number of hydrogen-bond donors (Lipinski definition) is 0. The van der Waals surface area contributed by atoms with Crippen molar-refractivity contribution in [3.8, 4) is 0 Å². The van der Waals surface area contributed by atoms with Crippen LogP contribution in [0.1, 0.15) is 12.8 Å². The Morgan fingerprint density at radius 2 is 1.73 bits per heavy atom. The summed E-state index contributed by atoms with van der Waals surface area (Å²) >= 11 is 5.50. The van der Waals surface area contributed by atoms with E-state index < -0.39 is 0 Å². The molecular weight excluding hydrogens is 373 g/mol. The topological polar surface area (TPSA) is 37.4 Å². The lowest BCUT2D eigenvalue weighted by molar-refractivity contribution is -0.121. The standard InChI is InChI=1S/C10H7BrINO2/c11-6-3-7(12)5-8(4-6)13-9(14)1-2-10(13)15/h3-5H,1-2H2. The van der Waals surface area contributed by atoms with E-state index in [9.17, 15) is 9.59 Å². The van der Waals surface area contributed by atoms with Crippen molar-refractivity contribution in [2.24, 2.45) is 0 Å². The van der Waals surface area contributed by atoms with Crippen molar-refractivity contribution in [2.75, 3.05) is 4.90 Å². The molecule has 2 amide bonds. The van der Waals surface area contributed by atoms with Gasteiger partial charge >= 0.3 is 0 Å². The summed E-state index contributed by atoms with van der Waals surface area (Å²) in [7, 11) is 0. The highest BCUT2D eigenvalue weighted by Gasteiger charge is 2.30. The summed E-state index contributed by atoms with van der Waals surface area (Å²) in [6.07, 6.45) is 0.643. The number of carbonyl (C=O) groups is 2. The molecule has 0 aromatic heterocycles. The zero-order valence-corrected chi connectivity index (χ0v) is 11.4. The van der Waals surface area contributed by atoms with Crippen molar-refractivity contribution in [3.63, 3.8) is 0 Å². The zero-order chi connectivity index (χ0) is 11.0. The second-order valence-corrected chi connectivity index (χ2v) is 5.41. The highest BCUT2D eigenvalue weighted by molar-refractivity contribution is 14.1. The Hall–Kier alpha value is -0.430. The first kappa shape index (κ1) is 11.1. The number of hydrogen-bond acceptors (Lipinski definition) is 2. The second kappa shape index (κ2) is 4.21. The zero-order valence-electron chi connectivity index (χ0n) is 7.67. The Balaban J connectivity index is 2.44. The fraction of sp³-hybridized carbons (Fsp3) is 0.200. The number of nitrogens with zero attached hydrogens (tertiary/aromatic N) is 1. The molecule has 0 saturated carbocycles. The van der Waals surface area contributed by atoms with Crippen molar-refractivity contribution in [2.45, 2.75) is 12.8 Å². The summed E-state index contributed by atoms with van der Waals surface area (Å²) in [4.78, 5) is 24.2. The van der Waals surface area contributed by atoms with Gasteiger partial charge in [-0.3, -0.25) is 14.5 Å². The van der Waals surface area contributed by atoms with Gasteiger partial charge in [-0.15, -0.1) is 0 Å². The molecular formula is C10H7BrINO2. The van der Waals surface area contributed by atoms with E-state index >= 15 is 0 Å². The van der Waals surface area contributed by atoms with Crippen molar-refractivity contribution < 1.29 is 9.59 Å². The van der Waals surface area contributed by atoms with Gasteiger partial charge in [-0.05, 0) is 40.8 Å². The maximum Gasteiger partial charge on any atom is 0.234 e. The van der Waals surface area contributed by atoms with Crippen LogP contribution in [-0.4, -0.2) is 11.8 Å². The third kappa shape index (κ3) is 2.23. The maximum absolute atomic E-state index is 11.5. The highest BCUT2D eigenvalue weighted by atomic mass is 127. The highest BCUT2D eigenvalue weighted by Crippen LogP contribution is 2.27. The maximum atomic E-state index is 11.5. The van der Waals surface area contributed by atoms with Gasteiger partial charge in [0.2, 0.25) is 11.8 Å². The van der Waals surface area contributed by atoms with Crippen LogP contribution in [-0.2, 0) is 9.59 Å². The molecule has 0 radical (unpaired) electrons. The molecule has 1 aliphatic heterocycles. The van der Waals surface area contributed by atoms with E-state index in [1.165, 1.54) is 4.90 Å². The molecule has 5 heteroatoms. The summed E-state index contributed by atoms with van der Waals surface area (Å²) in [5, 5.41) is 0. The molecule has 0 unspecified atom stereocenters. The minimum Gasteiger partial charge on any atom is -0.274 e. The largest absolute Gasteiger partial charge is 0.274 e. The van der Waals surface area contributed by atoms with Crippen LogP contribution in [0.15, 0.2) is 22.7 Å². The Labute approximate surface area is 109 Å². The molecule has 1 aromatic rings. The molecule has 3 nitrogen and oxygen atoms in total. The Morgan fingerprint density at radius 3 is 2.27 bits per heavy atom. The number of anilines is 1. The minimum absolute atomic E-state index is 0.117. The second-order valence-electron chi connectivity index (χ2n) is 3.25. The summed E-state index contributed by atoms with van der Waals surface area (Å²) in [6.45, 7) is 0. The quantitative estimate of drug-likeness (QED) is 0.555. The van der Waals surface area contributed by atoms with Crippen LogP contribution in [0, 0.1) is 3.57 Å². The molecule has 1 aliphatic rings. The predicted octanol–water partition coefficient (Wildman–Crippen LogP) is 2.71. The third-order valence-corrected chi connectivity index (χ3v) is 3.24. The lowest BCUT2D eigenvalue weighted by atomic mass is 10.3. The number of rotatable bonds is 1. The van der Waals surface area contributed by atoms with Crippen LogP contribution < -0.4 is 4.90 Å². The normalized spacial score (nSPS) is 16.3. The van der Waals surface area contributed by atoms with E-state index in [4.69, 9.17) is 0 Å². The Morgan fingerprint density at radius 1 is 1.13 bits per heavy atom. The lowest BCUT2D eigenvalue weighted by Crippen LogP contribution is -2.28. The van der Waals surface area contributed by atoms with E-state index in [1.54, 1.807) is 6.07 Å². The summed E-state index contributed by atoms with van der Waals surface area (Å²) in [6, 6.07) is 5.53. The fourth-order valence-electron chi connectivity index (χ4n) is 1.53. The molecule has 0 bridgehead atoms. The average molecular weight is 380 g/mol. The van der Waals surface area contributed by atoms with Crippen LogP contribution >= 0.6 is 38.5 Å². The Bertz CT molecular complexity index is 411. The van der Waals surface area contributed by atoms with Crippen molar-refractivity contribution >= 4 is 56.0 Å². The van der Waals surface area contributed by atoms with Crippen LogP contribution in [0.5, 0.6) is 0 Å². The molecule has 78 valence electrons. The van der Waals surface area contributed by atoms with Gasteiger partial charge in [0.05, 0.1) is 5.69 Å². The van der Waals surface area contributed by atoms with Gasteiger partial charge in [-0.1, -0.05) is 15.9 Å². The third-order valence-electron chi connectivity index (χ3n) is 2.16. The Kier molecular flexibility index (Phi) is 3.11. The molecule has 2 rings (SSSR count). The number of amides is 2. The SMILES string of the molecule is O=C1CCC(=O)N1c1cc(Br)cc(I)c1. The first-order valence-electron chi connectivity index (χ1n) is 4.40. The van der Waals surface area contributed by atoms with E-state index in [1.807, 2.05) is 12.1 Å². The van der Waals surface area contributed by atoms with Crippen LogP contribution in [0.25, 0.3) is 0 Å². The van der Waals surface area contributed by atoms with Gasteiger partial charge in [-0.2, -0.15) is 0 Å². The number of benzene rings is 1. The van der Waals surface area contributed by atoms with Crippen LogP contribution in [0.4, 0.5) is 5.69 Å². The smallest absolute Gasteiger partial charge is 0.234 e. The summed E-state index contributed by atoms with van der Waals surface area (Å²) < 4.78 is 1.86. The fourth-order valence-corrected chi connectivity index (χ4v) is 3.10. The average Bonchev–Trinajstić information content (AvgIpc) is 2.44. The summed E-state index contributed by atoms with van der Waals surface area (Å²) in [5.74, 6) is -0.234. The van der Waals surface area contributed by atoms with Crippen molar-refractivity contribution in [1.29, 1.82) is 0 Å². The molecule has 0 aliphatic carbocycles. The molecule has 1 aromatic carbocycles. The molecule has 0 N–H and O–H groups in total. The van der Waals surface area contributed by atoms with Crippen molar-refractivity contribution in [1.82, 2.24) is 0 Å². The van der Waals surface area contributed by atoms with E-state index in [0.717, 1.165) is 8.04 Å². The van der Waals surface area contributed by atoms with Gasteiger partial charge in [0.1, 0.15) is 0 Å². The molecule has 15 heavy (non-hydrogen) atoms. The van der Waals surface area contributed by atoms with E-state index in [2.05, 4.69) is 38.5 Å². The van der Waals surface area contributed by atoms with Gasteiger partial charge < -0.3 is 0 Å². The minimum atomic E-state index is -0.117. The first-order chi connectivity index (χ1) is 7.08. The molecule has 1 heterocycles. The van der Waals surface area contributed by atoms with Gasteiger partial charge in [0.15, 0.2) is 0 Å². The molecule has 1 saturated heterocycles. The van der Waals surface area contributed by atoms with Gasteiger partial charge in [0.25, 0.3) is 0 Å². The molecule has 0 atom stereocenters. The number of halogens is 2. The number of imide groups is 1. The van der Waals surface area contributed by atoms with Gasteiger partial charge in [-0.25, -0.2) is 0 Å². The van der Waals surface area contributed by atoms with Crippen molar-refractivity contribution in [3.05, 3.63) is 26.2 Å². The van der Waals surface area contributed by atoms with E-state index in [-0.39, 0.29) is 11.8 Å². The lowest BCUT2D eigenvalue weighted by Gasteiger charge is -2.14. The number of carbonyl (C=O) groups excluding carboxylic acids is 2. The summed E-state index contributed by atoms with van der Waals surface area (Å²) in [5.41, 5.74) is 0.654. The van der Waals surface area contributed by atoms with Crippen LogP contribution in [0.2, 0.25) is 0 Å². The predicted molar refractivity (Wildman–Crippen MR) is 68.6 cm³/mol. The first-order valence-corrected chi connectivity index (χ1v) is 6.27. The molecule has 0 spiro atoms.